The molecule has 0 aliphatic heterocycles. The van der Waals surface area contributed by atoms with Crippen LogP contribution in [0.5, 0.6) is 0 Å². The van der Waals surface area contributed by atoms with Crippen molar-refractivity contribution in [3.8, 4) is 0 Å². The molecule has 40 heavy (non-hydrogen) atoms. The molecule has 0 radical (unpaired) electrons. The number of benzene rings is 3. The molecule has 0 bridgehead atoms. The van der Waals surface area contributed by atoms with E-state index in [1.807, 2.05) is 30.3 Å². The van der Waals surface area contributed by atoms with E-state index in [0.29, 0.717) is 15.6 Å². The number of amides is 2. The Labute approximate surface area is 242 Å². The third-order valence-electron chi connectivity index (χ3n) is 6.25. The van der Waals surface area contributed by atoms with E-state index in [1.54, 1.807) is 18.2 Å². The zero-order valence-corrected chi connectivity index (χ0v) is 24.2. The van der Waals surface area contributed by atoms with Crippen molar-refractivity contribution < 1.29 is 26.8 Å². The van der Waals surface area contributed by atoms with Gasteiger partial charge in [-0.1, -0.05) is 59.6 Å². The maximum atomic E-state index is 13.8. The first-order valence-corrected chi connectivity index (χ1v) is 14.9. The first-order valence-electron chi connectivity index (χ1n) is 12.3. The van der Waals surface area contributed by atoms with Crippen molar-refractivity contribution >= 4 is 50.7 Å². The van der Waals surface area contributed by atoms with Crippen molar-refractivity contribution in [1.82, 2.24) is 10.2 Å². The highest BCUT2D eigenvalue weighted by atomic mass is 35.5. The van der Waals surface area contributed by atoms with Gasteiger partial charge in [-0.25, -0.2) is 17.2 Å². The molecule has 3 aromatic carbocycles. The van der Waals surface area contributed by atoms with Gasteiger partial charge in [0.2, 0.25) is 21.8 Å². The molecule has 3 aromatic rings. The van der Waals surface area contributed by atoms with Gasteiger partial charge in [-0.05, 0) is 36.2 Å². The van der Waals surface area contributed by atoms with Crippen molar-refractivity contribution in [2.45, 2.75) is 31.8 Å². The van der Waals surface area contributed by atoms with Crippen LogP contribution in [-0.4, -0.2) is 51.0 Å². The molecule has 2 amide bonds. The normalized spacial score (nSPS) is 12.1. The number of likely N-dealkylation sites (N-methyl/N-ethyl adjacent to an activating group) is 1. The number of nitrogens with one attached hydrogen (secondary N) is 1. The molecular formula is C28H29Cl2F2N3O4S. The van der Waals surface area contributed by atoms with Crippen molar-refractivity contribution in [3.63, 3.8) is 0 Å². The Hall–Kier alpha value is -3.21. The van der Waals surface area contributed by atoms with E-state index in [9.17, 15) is 26.8 Å². The van der Waals surface area contributed by atoms with Gasteiger partial charge in [0.25, 0.3) is 0 Å². The molecule has 0 fully saturated rings. The Morgan fingerprint density at radius 3 is 2.17 bits per heavy atom. The van der Waals surface area contributed by atoms with Gasteiger partial charge in [-0.2, -0.15) is 0 Å². The Kier molecular flexibility index (Phi) is 10.9. The summed E-state index contributed by atoms with van der Waals surface area (Å²) < 4.78 is 53.0. The van der Waals surface area contributed by atoms with E-state index in [1.165, 1.54) is 11.9 Å². The molecule has 0 saturated carbocycles. The lowest BCUT2D eigenvalue weighted by molar-refractivity contribution is -0.141. The fourth-order valence-electron chi connectivity index (χ4n) is 4.22. The number of anilines is 1. The van der Waals surface area contributed by atoms with Crippen LogP contribution in [-0.2, 0) is 32.6 Å². The average molecular weight is 613 g/mol. The van der Waals surface area contributed by atoms with Gasteiger partial charge in [0.1, 0.15) is 6.04 Å². The van der Waals surface area contributed by atoms with Crippen LogP contribution in [0, 0.1) is 11.6 Å². The summed E-state index contributed by atoms with van der Waals surface area (Å²) in [6.45, 7) is -0.249. The third kappa shape index (κ3) is 8.16. The van der Waals surface area contributed by atoms with Gasteiger partial charge in [-0.3, -0.25) is 13.9 Å². The first-order chi connectivity index (χ1) is 18.9. The summed E-state index contributed by atoms with van der Waals surface area (Å²) in [5.74, 6) is -3.15. The van der Waals surface area contributed by atoms with Gasteiger partial charge >= 0.3 is 0 Å². The summed E-state index contributed by atoms with van der Waals surface area (Å²) in [5.41, 5.74) is 1.21. The van der Waals surface area contributed by atoms with Gasteiger partial charge in [0.05, 0.1) is 11.9 Å². The molecule has 7 nitrogen and oxygen atoms in total. The van der Waals surface area contributed by atoms with Crippen LogP contribution in [0.4, 0.5) is 14.5 Å². The monoisotopic (exact) mass is 611 g/mol. The van der Waals surface area contributed by atoms with Gasteiger partial charge in [0, 0.05) is 54.7 Å². The van der Waals surface area contributed by atoms with Crippen molar-refractivity contribution in [2.75, 3.05) is 24.2 Å². The lowest BCUT2D eigenvalue weighted by atomic mass is 10.0. The minimum Gasteiger partial charge on any atom is -0.357 e. The fourth-order valence-corrected chi connectivity index (χ4v) is 5.69. The summed E-state index contributed by atoms with van der Waals surface area (Å²) in [7, 11) is -2.41. The zero-order chi connectivity index (χ0) is 29.4. The predicted octanol–water partition coefficient (Wildman–Crippen LogP) is 5.20. The van der Waals surface area contributed by atoms with E-state index in [0.717, 1.165) is 34.3 Å². The molecule has 1 unspecified atom stereocenters. The van der Waals surface area contributed by atoms with Crippen molar-refractivity contribution in [2.24, 2.45) is 0 Å². The molecule has 0 aliphatic rings. The summed E-state index contributed by atoms with van der Waals surface area (Å²) in [5, 5.41) is 3.25. The second kappa shape index (κ2) is 13.9. The van der Waals surface area contributed by atoms with Crippen LogP contribution in [0.3, 0.4) is 0 Å². The van der Waals surface area contributed by atoms with E-state index >= 15 is 0 Å². The Morgan fingerprint density at radius 1 is 0.950 bits per heavy atom. The van der Waals surface area contributed by atoms with E-state index in [4.69, 9.17) is 23.2 Å². The molecule has 3 rings (SSSR count). The number of halogens is 4. The lowest BCUT2D eigenvalue weighted by Crippen LogP contribution is -2.50. The number of hydrogen-bond acceptors (Lipinski definition) is 4. The summed E-state index contributed by atoms with van der Waals surface area (Å²) >= 11 is 12.8. The van der Waals surface area contributed by atoms with Crippen LogP contribution in [0.25, 0.3) is 0 Å². The molecule has 1 atom stereocenters. The fraction of sp³-hybridized carbons (Fsp3) is 0.286. The molecule has 12 heteroatoms. The molecule has 214 valence electrons. The van der Waals surface area contributed by atoms with Crippen LogP contribution in [0.15, 0.2) is 66.7 Å². The van der Waals surface area contributed by atoms with E-state index < -0.39 is 39.5 Å². The number of sulfonamides is 1. The van der Waals surface area contributed by atoms with Gasteiger partial charge < -0.3 is 10.2 Å². The van der Waals surface area contributed by atoms with Crippen LogP contribution in [0.1, 0.15) is 24.0 Å². The Balaban J connectivity index is 1.89. The highest BCUT2D eigenvalue weighted by Gasteiger charge is 2.31. The SMILES string of the molecule is CNC(=O)C(Cc1ccccc1)N(Cc1c(Cl)cccc1Cl)C(=O)CCCN(c1ccc(F)c(F)c1)S(C)(=O)=O. The second-order valence-corrected chi connectivity index (χ2v) is 11.8. The summed E-state index contributed by atoms with van der Waals surface area (Å²) in [6, 6.07) is 15.9. The molecule has 1 N–H and O–H groups in total. The molecule has 0 heterocycles. The molecule has 0 aliphatic carbocycles. The largest absolute Gasteiger partial charge is 0.357 e. The highest BCUT2D eigenvalue weighted by Crippen LogP contribution is 2.28. The first kappa shape index (κ1) is 31.3. The average Bonchev–Trinajstić information content (AvgIpc) is 2.91. The molecule has 0 saturated heterocycles. The second-order valence-electron chi connectivity index (χ2n) is 9.08. The Morgan fingerprint density at radius 2 is 1.60 bits per heavy atom. The van der Waals surface area contributed by atoms with E-state index in [-0.39, 0.29) is 38.0 Å². The minimum atomic E-state index is -3.88. The van der Waals surface area contributed by atoms with E-state index in [2.05, 4.69) is 5.32 Å². The highest BCUT2D eigenvalue weighted by molar-refractivity contribution is 7.92. The Bertz CT molecular complexity index is 1440. The smallest absolute Gasteiger partial charge is 0.242 e. The standard InChI is InChI=1S/C28H29Cl2F2N3O4S/c1-33-28(37)26(16-19-8-4-3-5-9-19)34(18-21-22(29)10-6-11-23(21)30)27(36)12-7-15-35(40(2,38)39)20-13-14-24(31)25(32)17-20/h3-6,8-11,13-14,17,26H,7,12,15-16,18H2,1-2H3,(H,33,37). The maximum Gasteiger partial charge on any atom is 0.242 e. The summed E-state index contributed by atoms with van der Waals surface area (Å²) in [6.07, 6.45) is 1.02. The van der Waals surface area contributed by atoms with Crippen molar-refractivity contribution in [3.05, 3.63) is 99.5 Å². The number of hydrogen-bond donors (Lipinski definition) is 1. The third-order valence-corrected chi connectivity index (χ3v) is 8.15. The predicted molar refractivity (Wildman–Crippen MR) is 153 cm³/mol. The number of rotatable bonds is 12. The van der Waals surface area contributed by atoms with Crippen LogP contribution < -0.4 is 9.62 Å². The van der Waals surface area contributed by atoms with Crippen LogP contribution in [0.2, 0.25) is 10.0 Å². The number of nitrogens with zero attached hydrogens (tertiary/aromatic N) is 2. The van der Waals surface area contributed by atoms with Crippen LogP contribution >= 0.6 is 23.2 Å². The molecule has 0 spiro atoms. The quantitative estimate of drug-likeness (QED) is 0.305. The zero-order valence-electron chi connectivity index (χ0n) is 21.9. The molecular weight excluding hydrogens is 583 g/mol. The maximum absolute atomic E-state index is 13.8. The molecule has 0 aromatic heterocycles. The number of carbonyl (C=O) groups is 2. The lowest BCUT2D eigenvalue weighted by Gasteiger charge is -2.32. The van der Waals surface area contributed by atoms with Gasteiger partial charge in [-0.15, -0.1) is 0 Å². The minimum absolute atomic E-state index is 0.0312. The van der Waals surface area contributed by atoms with Crippen molar-refractivity contribution in [1.29, 1.82) is 0 Å². The number of carbonyl (C=O) groups excluding carboxylic acids is 2. The topological polar surface area (TPSA) is 86.8 Å². The summed E-state index contributed by atoms with van der Waals surface area (Å²) in [4.78, 5) is 28.1. The van der Waals surface area contributed by atoms with Gasteiger partial charge in [0.15, 0.2) is 11.6 Å².